The van der Waals surface area contributed by atoms with Crippen molar-refractivity contribution in [2.45, 2.75) is 32.6 Å². The highest BCUT2D eigenvalue weighted by atomic mass is 16.6. The van der Waals surface area contributed by atoms with Gasteiger partial charge in [-0.3, -0.25) is 0 Å². The van der Waals surface area contributed by atoms with Crippen molar-refractivity contribution in [1.29, 1.82) is 0 Å². The summed E-state index contributed by atoms with van der Waals surface area (Å²) in [6.45, 7) is 5.37. The Morgan fingerprint density at radius 3 is 3.08 bits per heavy atom. The van der Waals surface area contributed by atoms with Crippen LogP contribution in [0.15, 0.2) is 0 Å². The van der Waals surface area contributed by atoms with Gasteiger partial charge in [-0.1, -0.05) is 13.3 Å². The van der Waals surface area contributed by atoms with Gasteiger partial charge in [0.15, 0.2) is 0 Å². The van der Waals surface area contributed by atoms with Gasteiger partial charge >= 0.3 is 6.09 Å². The van der Waals surface area contributed by atoms with Crippen molar-refractivity contribution >= 4 is 6.09 Å². The predicted octanol–water partition coefficient (Wildman–Crippen LogP) is 2.18. The Morgan fingerprint density at radius 2 is 2.50 bits per heavy atom. The van der Waals surface area contributed by atoms with Gasteiger partial charge < -0.3 is 9.64 Å². The Bertz CT molecular complexity index is 141. The highest BCUT2D eigenvalue weighted by Gasteiger charge is 2.18. The van der Waals surface area contributed by atoms with Crippen molar-refractivity contribution in [1.82, 2.24) is 4.90 Å². The largest absolute Gasteiger partial charge is 0.449 e. The minimum atomic E-state index is -0.180. The van der Waals surface area contributed by atoms with Gasteiger partial charge in [-0.25, -0.2) is 4.79 Å². The number of hydrogen-bond acceptors (Lipinski definition) is 2. The third-order valence-corrected chi connectivity index (χ3v) is 1.91. The number of nitrogens with zero attached hydrogens (tertiary/aromatic N) is 1. The number of unbranched alkanes of at least 4 members (excludes halogenated alkanes) is 1. The van der Waals surface area contributed by atoms with E-state index in [0.29, 0.717) is 6.61 Å². The second-order valence-corrected chi connectivity index (χ2v) is 2.99. The van der Waals surface area contributed by atoms with Crippen LogP contribution in [-0.2, 0) is 4.74 Å². The molecule has 0 N–H and O–H groups in total. The fourth-order valence-electron chi connectivity index (χ4n) is 1.15. The van der Waals surface area contributed by atoms with Gasteiger partial charge in [0.05, 0.1) is 13.2 Å². The van der Waals surface area contributed by atoms with Crippen molar-refractivity contribution in [2.24, 2.45) is 0 Å². The van der Waals surface area contributed by atoms with E-state index in [0.717, 1.165) is 32.2 Å². The van der Waals surface area contributed by atoms with E-state index in [4.69, 9.17) is 4.74 Å². The smallest absolute Gasteiger partial charge is 0.410 e. The Labute approximate surface area is 73.7 Å². The van der Waals surface area contributed by atoms with E-state index in [1.54, 1.807) is 4.90 Å². The molecule has 0 aliphatic carbocycles. The van der Waals surface area contributed by atoms with E-state index in [-0.39, 0.29) is 6.09 Å². The molecule has 1 saturated heterocycles. The molecule has 12 heavy (non-hydrogen) atoms. The first-order chi connectivity index (χ1) is 5.84. The molecular weight excluding hydrogens is 154 g/mol. The summed E-state index contributed by atoms with van der Waals surface area (Å²) in [4.78, 5) is 12.9. The summed E-state index contributed by atoms with van der Waals surface area (Å²) in [7, 11) is 0. The van der Waals surface area contributed by atoms with E-state index in [9.17, 15) is 4.79 Å². The summed E-state index contributed by atoms with van der Waals surface area (Å²) in [5.41, 5.74) is 0. The molecule has 0 aromatic carbocycles. The lowest BCUT2D eigenvalue weighted by Crippen LogP contribution is -2.25. The molecule has 1 radical (unpaired) electrons. The molecule has 1 amide bonds. The van der Waals surface area contributed by atoms with Crippen LogP contribution in [0.3, 0.4) is 0 Å². The normalized spacial score (nSPS) is 16.6. The number of amides is 1. The van der Waals surface area contributed by atoms with Crippen LogP contribution in [0.1, 0.15) is 32.6 Å². The number of carbonyl (C=O) groups excluding carboxylic acids is 1. The standard InChI is InChI=1S/C9H16NO2/c1-2-3-8-12-9(11)10-6-4-5-7-10/h6H,2-5,7-8H2,1H3. The van der Waals surface area contributed by atoms with Gasteiger partial charge in [0.25, 0.3) is 0 Å². The van der Waals surface area contributed by atoms with Crippen molar-refractivity contribution < 1.29 is 9.53 Å². The SMILES string of the molecule is CCCCOC(=O)N1[CH]CCC1. The van der Waals surface area contributed by atoms with Gasteiger partial charge in [-0.05, 0) is 19.3 Å². The van der Waals surface area contributed by atoms with Crippen LogP contribution in [0.25, 0.3) is 0 Å². The van der Waals surface area contributed by atoms with E-state index in [1.165, 1.54) is 0 Å². The zero-order valence-electron chi connectivity index (χ0n) is 7.58. The van der Waals surface area contributed by atoms with Crippen molar-refractivity contribution in [3.63, 3.8) is 0 Å². The van der Waals surface area contributed by atoms with Gasteiger partial charge in [0.2, 0.25) is 0 Å². The molecule has 0 bridgehead atoms. The quantitative estimate of drug-likeness (QED) is 0.607. The molecular formula is C9H16NO2. The van der Waals surface area contributed by atoms with Crippen LogP contribution in [-0.4, -0.2) is 24.1 Å². The molecule has 3 nitrogen and oxygen atoms in total. The van der Waals surface area contributed by atoms with Gasteiger partial charge in [0.1, 0.15) is 0 Å². The van der Waals surface area contributed by atoms with E-state index in [2.05, 4.69) is 6.92 Å². The van der Waals surface area contributed by atoms with Crippen molar-refractivity contribution in [3.8, 4) is 0 Å². The minimum absolute atomic E-state index is 0.180. The number of likely N-dealkylation sites (tertiary alicyclic amines) is 1. The minimum Gasteiger partial charge on any atom is -0.449 e. The Morgan fingerprint density at radius 1 is 1.67 bits per heavy atom. The molecule has 0 spiro atoms. The summed E-state index contributed by atoms with van der Waals surface area (Å²) in [5.74, 6) is 0. The Kier molecular flexibility index (Phi) is 3.91. The van der Waals surface area contributed by atoms with Crippen molar-refractivity contribution in [2.75, 3.05) is 13.2 Å². The molecule has 0 saturated carbocycles. The van der Waals surface area contributed by atoms with Crippen LogP contribution in [0, 0.1) is 6.54 Å². The summed E-state index contributed by atoms with van der Waals surface area (Å²) < 4.78 is 5.02. The average Bonchev–Trinajstić information content (AvgIpc) is 2.56. The molecule has 1 heterocycles. The van der Waals surface area contributed by atoms with E-state index in [1.807, 2.05) is 6.54 Å². The monoisotopic (exact) mass is 170 g/mol. The average molecular weight is 170 g/mol. The Hall–Kier alpha value is -0.730. The van der Waals surface area contributed by atoms with Crippen LogP contribution in [0.4, 0.5) is 4.79 Å². The second kappa shape index (κ2) is 5.01. The van der Waals surface area contributed by atoms with E-state index >= 15 is 0 Å². The summed E-state index contributed by atoms with van der Waals surface area (Å²) in [6, 6.07) is 0. The lowest BCUT2D eigenvalue weighted by Gasteiger charge is -2.13. The third kappa shape index (κ3) is 2.72. The number of hydrogen-bond donors (Lipinski definition) is 0. The molecule has 0 unspecified atom stereocenters. The molecule has 1 aliphatic rings. The van der Waals surface area contributed by atoms with Crippen LogP contribution in [0.5, 0.6) is 0 Å². The lowest BCUT2D eigenvalue weighted by atomic mass is 10.4. The highest BCUT2D eigenvalue weighted by molar-refractivity contribution is 5.68. The number of ether oxygens (including phenoxy) is 1. The van der Waals surface area contributed by atoms with Crippen LogP contribution >= 0.6 is 0 Å². The predicted molar refractivity (Wildman–Crippen MR) is 46.5 cm³/mol. The van der Waals surface area contributed by atoms with Gasteiger partial charge in [-0.15, -0.1) is 0 Å². The van der Waals surface area contributed by atoms with Crippen LogP contribution < -0.4 is 0 Å². The maximum absolute atomic E-state index is 11.2. The zero-order valence-corrected chi connectivity index (χ0v) is 7.58. The Balaban J connectivity index is 2.10. The molecule has 0 aromatic rings. The van der Waals surface area contributed by atoms with Gasteiger partial charge in [0, 0.05) is 6.54 Å². The molecule has 3 heteroatoms. The maximum atomic E-state index is 11.2. The fraction of sp³-hybridized carbons (Fsp3) is 0.778. The summed E-state index contributed by atoms with van der Waals surface area (Å²) >= 11 is 0. The number of rotatable bonds is 3. The lowest BCUT2D eigenvalue weighted by molar-refractivity contribution is 0.115. The second-order valence-electron chi connectivity index (χ2n) is 2.99. The highest BCUT2D eigenvalue weighted by Crippen LogP contribution is 2.13. The molecule has 69 valence electrons. The maximum Gasteiger partial charge on any atom is 0.410 e. The first-order valence-corrected chi connectivity index (χ1v) is 4.61. The van der Waals surface area contributed by atoms with Crippen molar-refractivity contribution in [3.05, 3.63) is 6.54 Å². The topological polar surface area (TPSA) is 29.5 Å². The third-order valence-electron chi connectivity index (χ3n) is 1.91. The van der Waals surface area contributed by atoms with Gasteiger partial charge in [-0.2, -0.15) is 0 Å². The molecule has 0 aromatic heterocycles. The zero-order chi connectivity index (χ0) is 8.81. The number of carbonyl (C=O) groups is 1. The molecule has 0 atom stereocenters. The first kappa shape index (κ1) is 9.36. The molecule has 1 fully saturated rings. The first-order valence-electron chi connectivity index (χ1n) is 4.61. The fourth-order valence-corrected chi connectivity index (χ4v) is 1.15. The summed E-state index contributed by atoms with van der Waals surface area (Å²) in [6.07, 6.45) is 3.92. The van der Waals surface area contributed by atoms with E-state index < -0.39 is 0 Å². The van der Waals surface area contributed by atoms with Crippen LogP contribution in [0.2, 0.25) is 0 Å². The molecule has 1 aliphatic heterocycles. The molecule has 1 rings (SSSR count). The summed E-state index contributed by atoms with van der Waals surface area (Å²) in [5, 5.41) is 0.